The second-order valence-electron chi connectivity index (χ2n) is 4.99. The van der Waals surface area contributed by atoms with Gasteiger partial charge in [-0.25, -0.2) is 4.98 Å². The molecule has 0 fully saturated rings. The lowest BCUT2D eigenvalue weighted by atomic mass is 9.88. The first kappa shape index (κ1) is 11.8. The number of anilines is 2. The maximum atomic E-state index is 5.55. The second-order valence-corrected chi connectivity index (χ2v) is 4.99. The summed E-state index contributed by atoms with van der Waals surface area (Å²) in [5.41, 5.74) is 6.75. The Labute approximate surface area is 91.3 Å². The van der Waals surface area contributed by atoms with Crippen molar-refractivity contribution >= 4 is 11.8 Å². The normalized spacial score (nSPS) is 13.7. The molecule has 0 aliphatic heterocycles. The number of hydrogen-bond donors (Lipinski definition) is 2. The lowest BCUT2D eigenvalue weighted by Crippen LogP contribution is -2.31. The van der Waals surface area contributed by atoms with Crippen LogP contribution in [-0.2, 0) is 0 Å². The Morgan fingerprint density at radius 2 is 2.00 bits per heavy atom. The standard InChI is InChI=1S/C11H20N4/c1-7-6-13-10(12)15-9(7)14-8(2)11(3,4)5/h6,8H,1-5H3,(H3,12,13,14,15). The van der Waals surface area contributed by atoms with Crippen LogP contribution in [0.25, 0.3) is 0 Å². The molecule has 0 bridgehead atoms. The Kier molecular flexibility index (Phi) is 3.17. The van der Waals surface area contributed by atoms with E-state index in [9.17, 15) is 0 Å². The van der Waals surface area contributed by atoms with Gasteiger partial charge in [0.25, 0.3) is 0 Å². The van der Waals surface area contributed by atoms with E-state index in [2.05, 4.69) is 43.0 Å². The van der Waals surface area contributed by atoms with Gasteiger partial charge in [-0.3, -0.25) is 0 Å². The average Bonchev–Trinajstić information content (AvgIpc) is 2.09. The molecule has 1 heterocycles. The Balaban J connectivity index is 2.85. The number of nitrogens with zero attached hydrogens (tertiary/aromatic N) is 2. The van der Waals surface area contributed by atoms with Gasteiger partial charge in [0.05, 0.1) is 0 Å². The first-order chi connectivity index (χ1) is 6.80. The molecule has 0 aliphatic rings. The van der Waals surface area contributed by atoms with Gasteiger partial charge in [-0.2, -0.15) is 4.98 Å². The highest BCUT2D eigenvalue weighted by Crippen LogP contribution is 2.23. The summed E-state index contributed by atoms with van der Waals surface area (Å²) >= 11 is 0. The number of aromatic nitrogens is 2. The molecule has 3 N–H and O–H groups in total. The summed E-state index contributed by atoms with van der Waals surface area (Å²) in [4.78, 5) is 8.12. The largest absolute Gasteiger partial charge is 0.368 e. The van der Waals surface area contributed by atoms with Gasteiger partial charge in [-0.1, -0.05) is 20.8 Å². The highest BCUT2D eigenvalue weighted by atomic mass is 15.1. The smallest absolute Gasteiger partial charge is 0.221 e. The molecule has 4 nitrogen and oxygen atoms in total. The number of hydrogen-bond acceptors (Lipinski definition) is 4. The zero-order chi connectivity index (χ0) is 11.6. The van der Waals surface area contributed by atoms with E-state index in [-0.39, 0.29) is 5.41 Å². The molecule has 1 atom stereocenters. The molecular weight excluding hydrogens is 188 g/mol. The molecule has 4 heteroatoms. The molecule has 1 unspecified atom stereocenters. The van der Waals surface area contributed by atoms with Crippen LogP contribution in [0, 0.1) is 12.3 Å². The summed E-state index contributed by atoms with van der Waals surface area (Å²) in [7, 11) is 0. The molecule has 1 aromatic heterocycles. The minimum atomic E-state index is 0.187. The Bertz CT molecular complexity index is 341. The summed E-state index contributed by atoms with van der Waals surface area (Å²) in [5, 5.41) is 3.36. The van der Waals surface area contributed by atoms with Crippen molar-refractivity contribution in [1.82, 2.24) is 9.97 Å². The highest BCUT2D eigenvalue weighted by molar-refractivity contribution is 5.45. The topological polar surface area (TPSA) is 63.8 Å². The predicted molar refractivity (Wildman–Crippen MR) is 63.7 cm³/mol. The summed E-state index contributed by atoms with van der Waals surface area (Å²) < 4.78 is 0. The van der Waals surface area contributed by atoms with Crippen LogP contribution in [-0.4, -0.2) is 16.0 Å². The van der Waals surface area contributed by atoms with E-state index in [0.29, 0.717) is 12.0 Å². The average molecular weight is 208 g/mol. The highest BCUT2D eigenvalue weighted by Gasteiger charge is 2.20. The fourth-order valence-corrected chi connectivity index (χ4v) is 1.02. The molecule has 1 rings (SSSR count). The third-order valence-corrected chi connectivity index (χ3v) is 2.64. The number of nitrogens with one attached hydrogen (secondary N) is 1. The van der Waals surface area contributed by atoms with Crippen LogP contribution in [0.15, 0.2) is 6.20 Å². The van der Waals surface area contributed by atoms with Crippen LogP contribution in [0.3, 0.4) is 0 Å². The third kappa shape index (κ3) is 3.08. The maximum absolute atomic E-state index is 5.55. The van der Waals surface area contributed by atoms with Crippen LogP contribution in [0.5, 0.6) is 0 Å². The van der Waals surface area contributed by atoms with Gasteiger partial charge < -0.3 is 11.1 Å². The maximum Gasteiger partial charge on any atom is 0.221 e. The van der Waals surface area contributed by atoms with Gasteiger partial charge in [0.2, 0.25) is 5.95 Å². The molecule has 0 saturated heterocycles. The van der Waals surface area contributed by atoms with E-state index < -0.39 is 0 Å². The Morgan fingerprint density at radius 3 is 2.53 bits per heavy atom. The molecule has 1 aromatic rings. The first-order valence-electron chi connectivity index (χ1n) is 5.16. The van der Waals surface area contributed by atoms with Gasteiger partial charge in [-0.05, 0) is 19.3 Å². The van der Waals surface area contributed by atoms with Crippen molar-refractivity contribution in [2.75, 3.05) is 11.1 Å². The van der Waals surface area contributed by atoms with Crippen molar-refractivity contribution in [1.29, 1.82) is 0 Å². The molecule has 15 heavy (non-hydrogen) atoms. The summed E-state index contributed by atoms with van der Waals surface area (Å²) in [6, 6.07) is 0.325. The predicted octanol–water partition coefficient (Wildman–Crippen LogP) is 2.21. The zero-order valence-electron chi connectivity index (χ0n) is 10.1. The Morgan fingerprint density at radius 1 is 1.40 bits per heavy atom. The minimum Gasteiger partial charge on any atom is -0.368 e. The monoisotopic (exact) mass is 208 g/mol. The van der Waals surface area contributed by atoms with Crippen molar-refractivity contribution in [3.8, 4) is 0 Å². The third-order valence-electron chi connectivity index (χ3n) is 2.64. The van der Waals surface area contributed by atoms with Crippen LogP contribution in [0.1, 0.15) is 33.3 Å². The van der Waals surface area contributed by atoms with Crippen LogP contribution < -0.4 is 11.1 Å². The number of nitrogens with two attached hydrogens (primary N) is 1. The fourth-order valence-electron chi connectivity index (χ4n) is 1.02. The molecule has 0 aliphatic carbocycles. The van der Waals surface area contributed by atoms with Crippen molar-refractivity contribution in [3.05, 3.63) is 11.8 Å². The first-order valence-corrected chi connectivity index (χ1v) is 5.16. The second kappa shape index (κ2) is 4.04. The number of rotatable bonds is 2. The summed E-state index contributed by atoms with van der Waals surface area (Å²) in [6.07, 6.45) is 1.74. The van der Waals surface area contributed by atoms with Gasteiger partial charge in [-0.15, -0.1) is 0 Å². The van der Waals surface area contributed by atoms with E-state index >= 15 is 0 Å². The minimum absolute atomic E-state index is 0.187. The molecule has 0 amide bonds. The zero-order valence-corrected chi connectivity index (χ0v) is 10.1. The fraction of sp³-hybridized carbons (Fsp3) is 0.636. The molecule has 0 radical (unpaired) electrons. The van der Waals surface area contributed by atoms with E-state index in [0.717, 1.165) is 11.4 Å². The SMILES string of the molecule is Cc1cnc(N)nc1NC(C)C(C)(C)C. The number of nitrogen functional groups attached to an aromatic ring is 1. The summed E-state index contributed by atoms with van der Waals surface area (Å²) in [5.74, 6) is 1.13. The van der Waals surface area contributed by atoms with Crippen molar-refractivity contribution in [2.24, 2.45) is 5.41 Å². The van der Waals surface area contributed by atoms with Crippen LogP contribution >= 0.6 is 0 Å². The lowest BCUT2D eigenvalue weighted by molar-refractivity contribution is 0.358. The Hall–Kier alpha value is -1.32. The van der Waals surface area contributed by atoms with Crippen LogP contribution in [0.4, 0.5) is 11.8 Å². The van der Waals surface area contributed by atoms with E-state index in [1.54, 1.807) is 6.20 Å². The van der Waals surface area contributed by atoms with Gasteiger partial charge >= 0.3 is 0 Å². The van der Waals surface area contributed by atoms with E-state index in [1.165, 1.54) is 0 Å². The van der Waals surface area contributed by atoms with Crippen LogP contribution in [0.2, 0.25) is 0 Å². The van der Waals surface area contributed by atoms with Gasteiger partial charge in [0, 0.05) is 17.8 Å². The molecule has 0 spiro atoms. The van der Waals surface area contributed by atoms with Gasteiger partial charge in [0.1, 0.15) is 5.82 Å². The van der Waals surface area contributed by atoms with Crippen molar-refractivity contribution in [2.45, 2.75) is 40.7 Å². The molecular formula is C11H20N4. The molecule has 0 saturated carbocycles. The summed E-state index contributed by atoms with van der Waals surface area (Å²) in [6.45, 7) is 10.7. The van der Waals surface area contributed by atoms with E-state index in [1.807, 2.05) is 6.92 Å². The quantitative estimate of drug-likeness (QED) is 0.782. The van der Waals surface area contributed by atoms with Crippen molar-refractivity contribution in [3.63, 3.8) is 0 Å². The van der Waals surface area contributed by atoms with E-state index in [4.69, 9.17) is 5.73 Å². The molecule has 84 valence electrons. The molecule has 0 aromatic carbocycles. The van der Waals surface area contributed by atoms with Gasteiger partial charge in [0.15, 0.2) is 0 Å². The van der Waals surface area contributed by atoms with Crippen molar-refractivity contribution < 1.29 is 0 Å². The number of aryl methyl sites for hydroxylation is 1. The lowest BCUT2D eigenvalue weighted by Gasteiger charge is -2.29.